The monoisotopic (exact) mass is 554 g/mol. The molecule has 1 atom stereocenters. The number of nitrogens with one attached hydrogen (secondary N) is 1. The van der Waals surface area contributed by atoms with E-state index in [4.69, 9.17) is 23.2 Å². The van der Waals surface area contributed by atoms with Crippen LogP contribution in [0.1, 0.15) is 38.2 Å². The molecule has 1 saturated carbocycles. The maximum atomic E-state index is 13.7. The van der Waals surface area contributed by atoms with Crippen LogP contribution >= 0.6 is 23.2 Å². The summed E-state index contributed by atoms with van der Waals surface area (Å²) < 4.78 is 28.4. The van der Waals surface area contributed by atoms with E-state index in [1.807, 2.05) is 0 Å². The molecule has 36 heavy (non-hydrogen) atoms. The minimum atomic E-state index is -4.01. The quantitative estimate of drug-likeness (QED) is 0.479. The second-order valence-electron chi connectivity index (χ2n) is 9.02. The summed E-state index contributed by atoms with van der Waals surface area (Å²) in [7, 11) is -1.21. The number of benzene rings is 2. The summed E-state index contributed by atoms with van der Waals surface area (Å²) in [5, 5.41) is 3.73. The topological polar surface area (TPSA) is 90.0 Å². The van der Waals surface area contributed by atoms with Gasteiger partial charge in [0.25, 0.3) is 0 Å². The van der Waals surface area contributed by atoms with Gasteiger partial charge in [-0.1, -0.05) is 60.3 Å². The molecule has 2 aromatic carbocycles. The van der Waals surface area contributed by atoms with Gasteiger partial charge in [0, 0.05) is 42.3 Å². The molecule has 0 spiro atoms. The van der Waals surface area contributed by atoms with Crippen molar-refractivity contribution in [3.63, 3.8) is 0 Å². The van der Waals surface area contributed by atoms with Crippen LogP contribution in [0.25, 0.3) is 0 Å². The molecular weight excluding hydrogens is 523 g/mol. The van der Waals surface area contributed by atoms with Crippen LogP contribution in [-0.4, -0.2) is 62.2 Å². The van der Waals surface area contributed by atoms with E-state index >= 15 is 0 Å². The molecule has 2 aromatic rings. The number of para-hydroxylation sites is 1. The number of nitrogens with zero attached hydrogens (tertiary/aromatic N) is 3. The molecule has 3 rings (SSSR count). The number of halogens is 2. The average Bonchev–Trinajstić information content (AvgIpc) is 3.35. The molecule has 1 unspecified atom stereocenters. The van der Waals surface area contributed by atoms with Gasteiger partial charge in [-0.05, 0) is 44.0 Å². The van der Waals surface area contributed by atoms with Crippen LogP contribution in [0.3, 0.4) is 0 Å². The zero-order chi connectivity index (χ0) is 26.5. The van der Waals surface area contributed by atoms with Gasteiger partial charge in [0.2, 0.25) is 11.8 Å². The predicted octanol–water partition coefficient (Wildman–Crippen LogP) is 4.08. The summed E-state index contributed by atoms with van der Waals surface area (Å²) in [6, 6.07) is 12.5. The maximum Gasteiger partial charge on any atom is 0.304 e. The molecule has 0 aliphatic heterocycles. The summed E-state index contributed by atoms with van der Waals surface area (Å²) in [5.74, 6) is -0.866. The van der Waals surface area contributed by atoms with Crippen molar-refractivity contribution in [1.29, 1.82) is 0 Å². The van der Waals surface area contributed by atoms with Gasteiger partial charge in [-0.3, -0.25) is 9.59 Å². The summed E-state index contributed by atoms with van der Waals surface area (Å²) >= 11 is 12.8. The molecule has 0 saturated heterocycles. The number of hydrogen-bond acceptors (Lipinski definition) is 4. The van der Waals surface area contributed by atoms with Crippen molar-refractivity contribution in [1.82, 2.24) is 14.5 Å². The highest BCUT2D eigenvalue weighted by Gasteiger charge is 2.33. The Morgan fingerprint density at radius 2 is 1.58 bits per heavy atom. The van der Waals surface area contributed by atoms with Crippen LogP contribution in [0, 0.1) is 0 Å². The highest BCUT2D eigenvalue weighted by atomic mass is 35.5. The largest absolute Gasteiger partial charge is 0.352 e. The van der Waals surface area contributed by atoms with E-state index in [1.165, 1.54) is 19.0 Å². The van der Waals surface area contributed by atoms with Gasteiger partial charge in [0.05, 0.1) is 5.69 Å². The lowest BCUT2D eigenvalue weighted by molar-refractivity contribution is -0.139. The third-order valence-electron chi connectivity index (χ3n) is 6.32. The number of anilines is 1. The van der Waals surface area contributed by atoms with Crippen molar-refractivity contribution >= 4 is 50.9 Å². The zero-order valence-corrected chi connectivity index (χ0v) is 23.0. The predicted molar refractivity (Wildman–Crippen MR) is 143 cm³/mol. The first-order valence-corrected chi connectivity index (χ1v) is 14.0. The molecule has 0 aromatic heterocycles. The fourth-order valence-corrected chi connectivity index (χ4v) is 5.71. The number of rotatable bonds is 10. The zero-order valence-electron chi connectivity index (χ0n) is 20.7. The fourth-order valence-electron chi connectivity index (χ4n) is 4.14. The summed E-state index contributed by atoms with van der Waals surface area (Å²) in [6.07, 6.45) is 3.88. The van der Waals surface area contributed by atoms with Crippen LogP contribution in [-0.2, 0) is 26.3 Å². The second-order valence-corrected chi connectivity index (χ2v) is 11.9. The Bertz CT molecular complexity index is 1150. The number of amides is 2. The molecule has 2 amide bonds. The standard InChI is InChI=1S/C25H32Cl2N4O4S/c1-18(25(33)28-19-10-7-8-11-19)30(16-21-22(26)14-9-15-23(21)27)24(32)17-31(36(34,35)29(2)3)20-12-5-4-6-13-20/h4-6,9,12-15,18-19H,7-8,10-11,16-17H2,1-3H3,(H,28,33). The van der Waals surface area contributed by atoms with Gasteiger partial charge < -0.3 is 10.2 Å². The van der Waals surface area contributed by atoms with Crippen molar-refractivity contribution in [3.8, 4) is 0 Å². The Kier molecular flexibility index (Phi) is 9.63. The van der Waals surface area contributed by atoms with E-state index < -0.39 is 28.7 Å². The number of carbonyl (C=O) groups excluding carboxylic acids is 2. The first-order chi connectivity index (χ1) is 17.0. The van der Waals surface area contributed by atoms with E-state index in [1.54, 1.807) is 55.5 Å². The Labute approximate surface area is 223 Å². The molecular formula is C25H32Cl2N4O4S. The van der Waals surface area contributed by atoms with Gasteiger partial charge in [-0.2, -0.15) is 12.7 Å². The van der Waals surface area contributed by atoms with Crippen molar-refractivity contribution in [3.05, 3.63) is 64.1 Å². The SMILES string of the molecule is CC(C(=O)NC1CCCC1)N(Cc1c(Cl)cccc1Cl)C(=O)CN(c1ccccc1)S(=O)(=O)N(C)C. The molecule has 1 aliphatic carbocycles. The van der Waals surface area contributed by atoms with Crippen molar-refractivity contribution in [2.75, 3.05) is 24.9 Å². The molecule has 196 valence electrons. The first-order valence-electron chi connectivity index (χ1n) is 11.8. The summed E-state index contributed by atoms with van der Waals surface area (Å²) in [6.45, 7) is 1.06. The van der Waals surface area contributed by atoms with Gasteiger partial charge in [-0.25, -0.2) is 4.31 Å². The van der Waals surface area contributed by atoms with Crippen LogP contribution in [0.15, 0.2) is 48.5 Å². The Morgan fingerprint density at radius 1 is 1.00 bits per heavy atom. The van der Waals surface area contributed by atoms with Gasteiger partial charge in [0.15, 0.2) is 0 Å². The molecule has 1 fully saturated rings. The first kappa shape index (κ1) is 28.2. The molecule has 11 heteroatoms. The van der Waals surface area contributed by atoms with Gasteiger partial charge in [-0.15, -0.1) is 0 Å². The Morgan fingerprint density at radius 3 is 2.14 bits per heavy atom. The van der Waals surface area contributed by atoms with E-state index in [-0.39, 0.29) is 18.5 Å². The van der Waals surface area contributed by atoms with E-state index in [9.17, 15) is 18.0 Å². The molecule has 0 bridgehead atoms. The van der Waals surface area contributed by atoms with E-state index in [0.717, 1.165) is 34.3 Å². The van der Waals surface area contributed by atoms with Crippen molar-refractivity contribution in [2.24, 2.45) is 0 Å². The third kappa shape index (κ3) is 6.70. The minimum Gasteiger partial charge on any atom is -0.352 e. The summed E-state index contributed by atoms with van der Waals surface area (Å²) in [4.78, 5) is 28.2. The highest BCUT2D eigenvalue weighted by molar-refractivity contribution is 7.90. The van der Waals surface area contributed by atoms with Crippen LogP contribution in [0.2, 0.25) is 10.0 Å². The molecule has 1 N–H and O–H groups in total. The van der Waals surface area contributed by atoms with Crippen molar-refractivity contribution in [2.45, 2.75) is 51.2 Å². The lowest BCUT2D eigenvalue weighted by Gasteiger charge is -2.33. The van der Waals surface area contributed by atoms with Crippen LogP contribution in [0.4, 0.5) is 5.69 Å². The molecule has 8 nitrogen and oxygen atoms in total. The van der Waals surface area contributed by atoms with E-state index in [0.29, 0.717) is 21.3 Å². The molecule has 0 heterocycles. The Balaban J connectivity index is 1.95. The van der Waals surface area contributed by atoms with Crippen molar-refractivity contribution < 1.29 is 18.0 Å². The second kappa shape index (κ2) is 12.3. The number of hydrogen-bond donors (Lipinski definition) is 1. The number of carbonyl (C=O) groups is 2. The lowest BCUT2D eigenvalue weighted by atomic mass is 10.1. The van der Waals surface area contributed by atoms with Gasteiger partial charge in [0.1, 0.15) is 12.6 Å². The summed E-state index contributed by atoms with van der Waals surface area (Å²) in [5.41, 5.74) is 0.815. The Hall–Kier alpha value is -2.33. The lowest BCUT2D eigenvalue weighted by Crippen LogP contribution is -2.53. The molecule has 1 aliphatic rings. The van der Waals surface area contributed by atoms with E-state index in [2.05, 4.69) is 5.32 Å². The molecule has 0 radical (unpaired) electrons. The maximum absolute atomic E-state index is 13.7. The highest BCUT2D eigenvalue weighted by Crippen LogP contribution is 2.27. The fraction of sp³-hybridized carbons (Fsp3) is 0.440. The van der Waals surface area contributed by atoms with Gasteiger partial charge >= 0.3 is 10.2 Å². The van der Waals surface area contributed by atoms with Crippen LogP contribution in [0.5, 0.6) is 0 Å². The smallest absolute Gasteiger partial charge is 0.304 e. The normalized spacial score (nSPS) is 15.1. The third-order valence-corrected chi connectivity index (χ3v) is 8.85. The van der Waals surface area contributed by atoms with Crippen LogP contribution < -0.4 is 9.62 Å². The average molecular weight is 556 g/mol. The minimum absolute atomic E-state index is 0.0543.